The van der Waals surface area contributed by atoms with E-state index in [-0.39, 0.29) is 0 Å². The maximum atomic E-state index is 5.51. The molecule has 0 amide bonds. The number of unbranched alkanes of at least 4 members (excludes halogenated alkanes) is 1. The van der Waals surface area contributed by atoms with E-state index in [0.29, 0.717) is 11.3 Å². The summed E-state index contributed by atoms with van der Waals surface area (Å²) in [7, 11) is 1.64. The van der Waals surface area contributed by atoms with E-state index >= 15 is 0 Å². The Morgan fingerprint density at radius 3 is 2.69 bits per heavy atom. The number of nitrogens with zero attached hydrogens (tertiary/aromatic N) is 2. The van der Waals surface area contributed by atoms with E-state index in [4.69, 9.17) is 9.72 Å². The van der Waals surface area contributed by atoms with E-state index in [0.717, 1.165) is 47.1 Å². The van der Waals surface area contributed by atoms with E-state index in [1.807, 2.05) is 36.0 Å². The minimum atomic E-state index is 0.512. The minimum Gasteiger partial charge on any atom is -0.479 e. The van der Waals surface area contributed by atoms with Gasteiger partial charge in [-0.05, 0) is 55.4 Å². The highest BCUT2D eigenvalue weighted by Gasteiger charge is 2.12. The highest BCUT2D eigenvalue weighted by Crippen LogP contribution is 2.29. The van der Waals surface area contributed by atoms with Gasteiger partial charge in [-0.25, -0.2) is 9.97 Å². The number of hydrogen-bond acceptors (Lipinski definition) is 5. The molecule has 0 spiro atoms. The average molecular weight is 404 g/mol. The number of thioether (sulfide) groups is 1. The molecule has 5 heteroatoms. The highest BCUT2D eigenvalue weighted by molar-refractivity contribution is 8.02. The third-order valence-electron chi connectivity index (χ3n) is 4.82. The van der Waals surface area contributed by atoms with Crippen molar-refractivity contribution >= 4 is 28.9 Å². The van der Waals surface area contributed by atoms with Gasteiger partial charge in [0.1, 0.15) is 5.69 Å². The van der Waals surface area contributed by atoms with Crippen LogP contribution in [-0.4, -0.2) is 22.5 Å². The Hall–Kier alpha value is -2.79. The van der Waals surface area contributed by atoms with Crippen molar-refractivity contribution in [2.24, 2.45) is 0 Å². The van der Waals surface area contributed by atoms with Gasteiger partial charge in [0, 0.05) is 11.3 Å². The normalized spacial score (nSPS) is 16.2. The summed E-state index contributed by atoms with van der Waals surface area (Å²) in [5.41, 5.74) is 6.00. The molecular weight excluding hydrogens is 378 g/mol. The molecule has 0 bridgehead atoms. The van der Waals surface area contributed by atoms with Crippen LogP contribution in [0.15, 0.2) is 65.7 Å². The Kier molecular flexibility index (Phi) is 6.15. The number of methoxy groups -OCH3 is 1. The van der Waals surface area contributed by atoms with Crippen molar-refractivity contribution in [3.63, 3.8) is 0 Å². The van der Waals surface area contributed by atoms with Crippen molar-refractivity contribution in [3.05, 3.63) is 71.3 Å². The Labute approximate surface area is 176 Å². The van der Waals surface area contributed by atoms with Crippen LogP contribution in [0.3, 0.4) is 0 Å². The van der Waals surface area contributed by atoms with Gasteiger partial charge in [0.25, 0.3) is 0 Å². The topological polar surface area (TPSA) is 47.0 Å². The van der Waals surface area contributed by atoms with Crippen molar-refractivity contribution < 1.29 is 4.74 Å². The summed E-state index contributed by atoms with van der Waals surface area (Å²) in [6.45, 7) is 2.19. The van der Waals surface area contributed by atoms with Gasteiger partial charge < -0.3 is 10.1 Å². The van der Waals surface area contributed by atoms with Crippen LogP contribution in [-0.2, 0) is 0 Å². The molecule has 0 radical (unpaired) electrons. The van der Waals surface area contributed by atoms with Gasteiger partial charge in [-0.1, -0.05) is 42.5 Å². The van der Waals surface area contributed by atoms with Gasteiger partial charge in [0.2, 0.25) is 5.88 Å². The molecule has 0 saturated heterocycles. The zero-order valence-electron chi connectivity index (χ0n) is 16.8. The smallest absolute Gasteiger partial charge is 0.240 e. The molecule has 2 aromatic carbocycles. The molecule has 2 heterocycles. The van der Waals surface area contributed by atoms with Gasteiger partial charge in [-0.2, -0.15) is 0 Å². The second kappa shape index (κ2) is 9.14. The molecule has 4 rings (SSSR count). The number of benzene rings is 2. The van der Waals surface area contributed by atoms with Gasteiger partial charge in [0.15, 0.2) is 0 Å². The molecule has 1 N–H and O–H groups in total. The van der Waals surface area contributed by atoms with Crippen molar-refractivity contribution in [2.75, 3.05) is 7.11 Å². The number of para-hydroxylation sites is 2. The predicted octanol–water partition coefficient (Wildman–Crippen LogP) is 6.01. The Balaban J connectivity index is 1.46. The van der Waals surface area contributed by atoms with E-state index in [9.17, 15) is 0 Å². The molecule has 0 aliphatic carbocycles. The van der Waals surface area contributed by atoms with Crippen LogP contribution in [0, 0.1) is 0 Å². The van der Waals surface area contributed by atoms with E-state index in [1.54, 1.807) is 7.11 Å². The largest absolute Gasteiger partial charge is 0.479 e. The lowest BCUT2D eigenvalue weighted by Crippen LogP contribution is -2.15. The number of allylic oxidation sites excluding steroid dienone is 2. The second-order valence-electron chi connectivity index (χ2n) is 7.06. The Morgan fingerprint density at radius 2 is 1.93 bits per heavy atom. The molecular formula is C24H25N3OS. The summed E-state index contributed by atoms with van der Waals surface area (Å²) >= 11 is 1.86. The van der Waals surface area contributed by atoms with Gasteiger partial charge in [-0.15, -0.1) is 11.8 Å². The first-order valence-electron chi connectivity index (χ1n) is 9.92. The van der Waals surface area contributed by atoms with Gasteiger partial charge >= 0.3 is 0 Å². The zero-order chi connectivity index (χ0) is 20.1. The fourth-order valence-electron chi connectivity index (χ4n) is 3.38. The predicted molar refractivity (Wildman–Crippen MR) is 123 cm³/mol. The molecule has 0 saturated carbocycles. The molecule has 4 nitrogen and oxygen atoms in total. The lowest BCUT2D eigenvalue weighted by molar-refractivity contribution is 0.400. The first kappa shape index (κ1) is 19.5. The number of rotatable bonds is 7. The van der Waals surface area contributed by atoms with Crippen LogP contribution in [0.2, 0.25) is 0 Å². The third-order valence-corrected chi connectivity index (χ3v) is 5.77. The quantitative estimate of drug-likeness (QED) is 0.489. The maximum Gasteiger partial charge on any atom is 0.240 e. The van der Waals surface area contributed by atoms with Crippen molar-refractivity contribution in [1.82, 2.24) is 15.3 Å². The van der Waals surface area contributed by atoms with E-state index in [2.05, 4.69) is 59.1 Å². The standard InChI is InChI=1S/C24H25N3OS/c1-17-25-20(16-29-17)12-5-3-4-9-18-10-8-11-19(15-18)23-24(28-2)27-22-14-7-6-13-21(22)26-23/h4,6-11,13-17,25H,3,5,12H2,1-2H3/b9-4+. The number of ether oxygens (including phenoxy) is 1. The summed E-state index contributed by atoms with van der Waals surface area (Å²) < 4.78 is 5.51. The molecule has 1 aliphatic rings. The summed E-state index contributed by atoms with van der Waals surface area (Å²) in [6, 6.07) is 16.2. The lowest BCUT2D eigenvalue weighted by Gasteiger charge is -2.09. The fraction of sp³-hybridized carbons (Fsp3) is 0.250. The summed E-state index contributed by atoms with van der Waals surface area (Å²) in [5, 5.41) is 6.25. The first-order chi connectivity index (χ1) is 14.2. The molecule has 1 aliphatic heterocycles. The van der Waals surface area contributed by atoms with Crippen molar-refractivity contribution in [2.45, 2.75) is 31.6 Å². The van der Waals surface area contributed by atoms with Crippen molar-refractivity contribution in [1.29, 1.82) is 0 Å². The van der Waals surface area contributed by atoms with Crippen LogP contribution in [0.25, 0.3) is 28.4 Å². The number of fused-ring (bicyclic) bond motifs is 1. The highest BCUT2D eigenvalue weighted by atomic mass is 32.2. The molecule has 3 aromatic rings. The maximum absolute atomic E-state index is 5.51. The Morgan fingerprint density at radius 1 is 1.10 bits per heavy atom. The van der Waals surface area contributed by atoms with E-state index in [1.165, 1.54) is 5.70 Å². The fourth-order valence-corrected chi connectivity index (χ4v) is 4.15. The molecule has 1 unspecified atom stereocenters. The number of aromatic nitrogens is 2. The molecule has 1 atom stereocenters. The van der Waals surface area contributed by atoms with Crippen LogP contribution in [0.5, 0.6) is 5.88 Å². The van der Waals surface area contributed by atoms with Crippen LogP contribution in [0.1, 0.15) is 31.7 Å². The number of nitrogens with one attached hydrogen (secondary N) is 1. The number of hydrogen-bond donors (Lipinski definition) is 1. The summed E-state index contributed by atoms with van der Waals surface area (Å²) in [4.78, 5) is 9.40. The van der Waals surface area contributed by atoms with Gasteiger partial charge in [-0.3, -0.25) is 0 Å². The third kappa shape index (κ3) is 4.80. The molecule has 1 aromatic heterocycles. The minimum absolute atomic E-state index is 0.512. The second-order valence-corrected chi connectivity index (χ2v) is 8.27. The van der Waals surface area contributed by atoms with Crippen LogP contribution < -0.4 is 10.1 Å². The Bertz CT molecular complexity index is 1060. The summed E-state index contributed by atoms with van der Waals surface area (Å²) in [6.07, 6.45) is 7.73. The van der Waals surface area contributed by atoms with Crippen molar-refractivity contribution in [3.8, 4) is 17.1 Å². The average Bonchev–Trinajstić information content (AvgIpc) is 3.17. The van der Waals surface area contributed by atoms with E-state index < -0.39 is 0 Å². The zero-order valence-corrected chi connectivity index (χ0v) is 17.6. The summed E-state index contributed by atoms with van der Waals surface area (Å²) in [5.74, 6) is 0.550. The molecule has 29 heavy (non-hydrogen) atoms. The first-order valence-corrected chi connectivity index (χ1v) is 10.9. The monoisotopic (exact) mass is 403 g/mol. The van der Waals surface area contributed by atoms with Crippen LogP contribution in [0.4, 0.5) is 0 Å². The lowest BCUT2D eigenvalue weighted by atomic mass is 10.1. The molecule has 148 valence electrons. The molecule has 0 fully saturated rings. The SMILES string of the molecule is COc1nc2ccccc2nc1-c1cccc(/C=C/CCCC2=CSC(C)N2)c1. The van der Waals surface area contributed by atoms with Crippen LogP contribution >= 0.6 is 11.8 Å². The van der Waals surface area contributed by atoms with Gasteiger partial charge in [0.05, 0.1) is 23.5 Å².